The van der Waals surface area contributed by atoms with E-state index in [0.717, 1.165) is 22.8 Å². The van der Waals surface area contributed by atoms with Gasteiger partial charge in [0.15, 0.2) is 0 Å². The molecule has 114 valence electrons. The molecule has 4 rings (SSSR count). The molecule has 4 aromatic heterocycles. The summed E-state index contributed by atoms with van der Waals surface area (Å²) in [6, 6.07) is 8.28. The number of hydrogen-bond donors (Lipinski definition) is 1. The third-order valence-corrected chi connectivity index (χ3v) is 5.09. The van der Waals surface area contributed by atoms with Crippen molar-refractivity contribution in [1.82, 2.24) is 19.5 Å². The van der Waals surface area contributed by atoms with Crippen molar-refractivity contribution >= 4 is 28.5 Å². The van der Waals surface area contributed by atoms with E-state index in [0.29, 0.717) is 5.95 Å². The van der Waals surface area contributed by atoms with Gasteiger partial charge in [-0.05, 0) is 22.9 Å². The molecule has 0 unspecified atom stereocenters. The van der Waals surface area contributed by atoms with Crippen molar-refractivity contribution in [3.63, 3.8) is 0 Å². The van der Waals surface area contributed by atoms with Crippen LogP contribution in [0.3, 0.4) is 0 Å². The molecule has 0 radical (unpaired) electrons. The Morgan fingerprint density at radius 2 is 2.04 bits per heavy atom. The molecule has 1 N–H and O–H groups in total. The molecular formula is C16H13N5S2. The van der Waals surface area contributed by atoms with Gasteiger partial charge in [-0.2, -0.15) is 4.98 Å². The highest BCUT2D eigenvalue weighted by atomic mass is 32.1. The van der Waals surface area contributed by atoms with Crippen LogP contribution in [0, 0.1) is 0 Å². The number of nitrogens with zero attached hydrogens (tertiary/aromatic N) is 4. The van der Waals surface area contributed by atoms with Crippen molar-refractivity contribution in [1.29, 1.82) is 0 Å². The number of nitrogens with one attached hydrogen (secondary N) is 1. The second-order valence-electron chi connectivity index (χ2n) is 4.81. The molecule has 0 atom stereocenters. The van der Waals surface area contributed by atoms with Crippen LogP contribution in [0.1, 0.15) is 4.88 Å². The van der Waals surface area contributed by atoms with Crippen molar-refractivity contribution < 1.29 is 0 Å². The Balaban J connectivity index is 1.70. The lowest BCUT2D eigenvalue weighted by atomic mass is 10.2. The number of aromatic nitrogens is 4. The zero-order valence-corrected chi connectivity index (χ0v) is 13.7. The molecule has 0 saturated carbocycles. The summed E-state index contributed by atoms with van der Waals surface area (Å²) >= 11 is 3.41. The zero-order valence-electron chi connectivity index (χ0n) is 12.1. The predicted molar refractivity (Wildman–Crippen MR) is 94.1 cm³/mol. The Morgan fingerprint density at radius 3 is 2.78 bits per heavy atom. The minimum absolute atomic E-state index is 0.608. The van der Waals surface area contributed by atoms with Crippen molar-refractivity contribution in [3.8, 4) is 16.4 Å². The van der Waals surface area contributed by atoms with Crippen LogP contribution in [0.4, 0.5) is 5.82 Å². The van der Waals surface area contributed by atoms with Gasteiger partial charge < -0.3 is 5.32 Å². The predicted octanol–water partition coefficient (Wildman–Crippen LogP) is 4.06. The quantitative estimate of drug-likeness (QED) is 0.595. The van der Waals surface area contributed by atoms with Crippen LogP contribution in [-0.4, -0.2) is 19.5 Å². The SMILES string of the molecule is c1csc(CNc2nc(-n3ccnc3)ncc2-c2cccs2)c1. The standard InChI is InChI=1S/C16H13N5S2/c1-3-12(22-7-1)9-18-15-13(14-4-2-8-23-14)10-19-16(20-15)21-6-5-17-11-21/h1-8,10-11H,9H2,(H,18,19,20). The Kier molecular flexibility index (Phi) is 3.87. The van der Waals surface area contributed by atoms with Crippen LogP contribution in [-0.2, 0) is 6.54 Å². The highest BCUT2D eigenvalue weighted by Crippen LogP contribution is 2.30. The number of imidazole rings is 1. The van der Waals surface area contributed by atoms with Crippen LogP contribution < -0.4 is 5.32 Å². The molecule has 4 aromatic rings. The van der Waals surface area contributed by atoms with Crippen LogP contribution in [0.2, 0.25) is 0 Å². The number of anilines is 1. The first kappa shape index (κ1) is 14.1. The summed E-state index contributed by atoms with van der Waals surface area (Å²) in [5.74, 6) is 1.44. The normalized spacial score (nSPS) is 10.8. The fraction of sp³-hybridized carbons (Fsp3) is 0.0625. The first-order chi connectivity index (χ1) is 11.4. The minimum Gasteiger partial charge on any atom is -0.364 e. The first-order valence-corrected chi connectivity index (χ1v) is 8.81. The topological polar surface area (TPSA) is 55.6 Å². The van der Waals surface area contributed by atoms with Crippen LogP contribution in [0.25, 0.3) is 16.4 Å². The van der Waals surface area contributed by atoms with Crippen LogP contribution in [0.15, 0.2) is 59.9 Å². The van der Waals surface area contributed by atoms with Crippen LogP contribution in [0.5, 0.6) is 0 Å². The number of thiophene rings is 2. The molecule has 5 nitrogen and oxygen atoms in total. The average molecular weight is 339 g/mol. The Hall–Kier alpha value is -2.51. The number of hydrogen-bond acceptors (Lipinski definition) is 6. The van der Waals surface area contributed by atoms with E-state index in [1.54, 1.807) is 39.8 Å². The summed E-state index contributed by atoms with van der Waals surface area (Å²) in [5, 5.41) is 7.57. The van der Waals surface area contributed by atoms with Gasteiger partial charge >= 0.3 is 0 Å². The van der Waals surface area contributed by atoms with Gasteiger partial charge in [0.25, 0.3) is 0 Å². The molecule has 0 bridgehead atoms. The summed E-state index contributed by atoms with van der Waals surface area (Å²) in [6.45, 7) is 0.746. The monoisotopic (exact) mass is 339 g/mol. The second-order valence-corrected chi connectivity index (χ2v) is 6.79. The van der Waals surface area contributed by atoms with E-state index in [4.69, 9.17) is 0 Å². The summed E-state index contributed by atoms with van der Waals surface area (Å²) in [6.07, 6.45) is 7.12. The van der Waals surface area contributed by atoms with Crippen molar-refractivity contribution in [2.45, 2.75) is 6.54 Å². The van der Waals surface area contributed by atoms with E-state index < -0.39 is 0 Å². The van der Waals surface area contributed by atoms with Crippen LogP contribution >= 0.6 is 22.7 Å². The second kappa shape index (κ2) is 6.31. The Bertz CT molecular complexity index is 868. The lowest BCUT2D eigenvalue weighted by Crippen LogP contribution is -2.06. The highest BCUT2D eigenvalue weighted by molar-refractivity contribution is 7.13. The molecule has 0 aliphatic carbocycles. The molecule has 23 heavy (non-hydrogen) atoms. The summed E-state index contributed by atoms with van der Waals surface area (Å²) < 4.78 is 1.80. The smallest absolute Gasteiger partial charge is 0.236 e. The molecule has 0 saturated heterocycles. The molecule has 4 heterocycles. The van der Waals surface area contributed by atoms with E-state index in [-0.39, 0.29) is 0 Å². The molecule has 0 aliphatic heterocycles. The summed E-state index contributed by atoms with van der Waals surface area (Å²) in [4.78, 5) is 15.6. The molecular weight excluding hydrogens is 326 g/mol. The Morgan fingerprint density at radius 1 is 1.13 bits per heavy atom. The van der Waals surface area contributed by atoms with Crippen molar-refractivity contribution in [2.75, 3.05) is 5.32 Å². The van der Waals surface area contributed by atoms with E-state index in [1.807, 2.05) is 18.5 Å². The molecule has 0 spiro atoms. The summed E-state index contributed by atoms with van der Waals surface area (Å²) in [7, 11) is 0. The maximum atomic E-state index is 4.68. The maximum absolute atomic E-state index is 4.68. The maximum Gasteiger partial charge on any atom is 0.236 e. The molecule has 0 fully saturated rings. The van der Waals surface area contributed by atoms with Gasteiger partial charge in [-0.1, -0.05) is 12.1 Å². The third kappa shape index (κ3) is 3.01. The van der Waals surface area contributed by atoms with E-state index in [1.165, 1.54) is 4.88 Å². The molecule has 0 aromatic carbocycles. The first-order valence-electron chi connectivity index (χ1n) is 7.05. The lowest BCUT2D eigenvalue weighted by molar-refractivity contribution is 0.923. The van der Waals surface area contributed by atoms with Gasteiger partial charge in [0.05, 0.1) is 12.1 Å². The lowest BCUT2D eigenvalue weighted by Gasteiger charge is -2.11. The van der Waals surface area contributed by atoms with E-state index in [9.17, 15) is 0 Å². The fourth-order valence-electron chi connectivity index (χ4n) is 2.21. The Labute approximate surface area is 141 Å². The molecule has 0 aliphatic rings. The third-order valence-electron chi connectivity index (χ3n) is 3.31. The van der Waals surface area contributed by atoms with Gasteiger partial charge in [-0.3, -0.25) is 4.57 Å². The van der Waals surface area contributed by atoms with Gasteiger partial charge in [-0.15, -0.1) is 22.7 Å². The largest absolute Gasteiger partial charge is 0.364 e. The van der Waals surface area contributed by atoms with E-state index in [2.05, 4.69) is 49.2 Å². The van der Waals surface area contributed by atoms with Gasteiger partial charge in [0.2, 0.25) is 5.95 Å². The average Bonchev–Trinajstić information content (AvgIpc) is 3.36. The van der Waals surface area contributed by atoms with Crippen molar-refractivity contribution in [3.05, 3.63) is 64.8 Å². The van der Waals surface area contributed by atoms with E-state index >= 15 is 0 Å². The van der Waals surface area contributed by atoms with Crippen molar-refractivity contribution in [2.24, 2.45) is 0 Å². The minimum atomic E-state index is 0.608. The fourth-order valence-corrected chi connectivity index (χ4v) is 3.59. The number of rotatable bonds is 5. The summed E-state index contributed by atoms with van der Waals surface area (Å²) in [5.41, 5.74) is 1.01. The van der Waals surface area contributed by atoms with Gasteiger partial charge in [0, 0.05) is 28.3 Å². The van der Waals surface area contributed by atoms with Gasteiger partial charge in [-0.25, -0.2) is 9.97 Å². The zero-order chi connectivity index (χ0) is 15.5. The highest BCUT2D eigenvalue weighted by Gasteiger charge is 2.11. The van der Waals surface area contributed by atoms with Gasteiger partial charge in [0.1, 0.15) is 12.1 Å². The molecule has 0 amide bonds. The molecule has 7 heteroatoms.